The molecule has 0 aliphatic carbocycles. The summed E-state index contributed by atoms with van der Waals surface area (Å²) in [7, 11) is 1.94. The number of aliphatic imine (C=N–C) groups is 1. The lowest BCUT2D eigenvalue weighted by atomic mass is 10.2. The Kier molecular flexibility index (Phi) is 8.40. The molecule has 7 heteroatoms. The summed E-state index contributed by atoms with van der Waals surface area (Å²) >= 11 is 0. The molecule has 1 aromatic heterocycles. The van der Waals surface area contributed by atoms with Crippen molar-refractivity contribution in [3.63, 3.8) is 0 Å². The first-order valence-electron chi connectivity index (χ1n) is 9.48. The van der Waals surface area contributed by atoms with E-state index in [-0.39, 0.29) is 24.0 Å². The average molecular weight is 482 g/mol. The summed E-state index contributed by atoms with van der Waals surface area (Å²) in [5.74, 6) is 0.909. The zero-order valence-electron chi connectivity index (χ0n) is 16.5. The number of anilines is 1. The number of nitrogens with one attached hydrogen (secondary N) is 2. The van der Waals surface area contributed by atoms with Crippen LogP contribution in [0, 0.1) is 6.92 Å². The fourth-order valence-electron chi connectivity index (χ4n) is 3.28. The van der Waals surface area contributed by atoms with E-state index in [2.05, 4.69) is 58.7 Å². The van der Waals surface area contributed by atoms with Crippen molar-refractivity contribution in [1.82, 2.24) is 20.4 Å². The molecule has 6 nitrogen and oxygen atoms in total. The number of halogens is 1. The van der Waals surface area contributed by atoms with E-state index in [1.807, 2.05) is 24.1 Å². The van der Waals surface area contributed by atoms with Crippen LogP contribution in [-0.4, -0.2) is 48.0 Å². The highest BCUT2D eigenvalue weighted by atomic mass is 127. The molecule has 1 fully saturated rings. The topological polar surface area (TPSA) is 57.5 Å². The maximum absolute atomic E-state index is 4.73. The number of guanidine groups is 1. The molecule has 0 bridgehead atoms. The molecule has 1 aliphatic heterocycles. The second-order valence-corrected chi connectivity index (χ2v) is 6.94. The molecule has 0 saturated carbocycles. The van der Waals surface area contributed by atoms with Crippen molar-refractivity contribution in [3.05, 3.63) is 47.8 Å². The highest BCUT2D eigenvalue weighted by Gasteiger charge is 2.23. The van der Waals surface area contributed by atoms with E-state index in [1.54, 1.807) is 0 Å². The molecule has 1 saturated heterocycles. The van der Waals surface area contributed by atoms with Crippen molar-refractivity contribution in [2.45, 2.75) is 32.7 Å². The highest BCUT2D eigenvalue weighted by Crippen LogP contribution is 2.20. The molecule has 1 unspecified atom stereocenters. The molecule has 3 rings (SSSR count). The van der Waals surface area contributed by atoms with Gasteiger partial charge in [0.05, 0.1) is 6.20 Å². The van der Waals surface area contributed by atoms with Crippen LogP contribution in [0.5, 0.6) is 0 Å². The summed E-state index contributed by atoms with van der Waals surface area (Å²) in [5, 5.41) is 11.2. The molecule has 0 amide bonds. The van der Waals surface area contributed by atoms with Gasteiger partial charge in [-0.15, -0.1) is 24.0 Å². The Bertz CT molecular complexity index is 724. The molecule has 1 atom stereocenters. The fraction of sp³-hybridized carbons (Fsp3) is 0.500. The standard InChI is InChI=1S/C20H30N6.HI/c1-4-21-20(22-11-9-17-13-23-25(3)14-17)24-18-10-12-26(15-18)19-7-5-16(2)6-8-19;/h5-8,13-14,18H,4,9-12,15H2,1-3H3,(H2,21,22,24);1H. The SMILES string of the molecule is CCNC(=NCCc1cnn(C)c1)NC1CCN(c2ccc(C)cc2)C1.I. The van der Waals surface area contributed by atoms with Gasteiger partial charge in [-0.3, -0.25) is 9.67 Å². The second-order valence-electron chi connectivity index (χ2n) is 6.94. The van der Waals surface area contributed by atoms with Gasteiger partial charge in [0.1, 0.15) is 0 Å². The van der Waals surface area contributed by atoms with Gasteiger partial charge in [0, 0.05) is 51.2 Å². The third-order valence-electron chi connectivity index (χ3n) is 4.70. The fourth-order valence-corrected chi connectivity index (χ4v) is 3.28. The summed E-state index contributed by atoms with van der Waals surface area (Å²) in [6.45, 7) is 7.95. The average Bonchev–Trinajstić information content (AvgIpc) is 3.25. The van der Waals surface area contributed by atoms with Gasteiger partial charge in [-0.2, -0.15) is 5.10 Å². The number of nitrogens with zero attached hydrogens (tertiary/aromatic N) is 4. The van der Waals surface area contributed by atoms with Crippen molar-refractivity contribution in [1.29, 1.82) is 0 Å². The number of rotatable bonds is 6. The molecule has 2 aromatic rings. The molecular formula is C20H31IN6. The van der Waals surface area contributed by atoms with E-state index < -0.39 is 0 Å². The van der Waals surface area contributed by atoms with E-state index in [0.717, 1.165) is 45.0 Å². The zero-order chi connectivity index (χ0) is 18.4. The first-order chi connectivity index (χ1) is 12.6. The number of benzene rings is 1. The van der Waals surface area contributed by atoms with Gasteiger partial charge in [0.2, 0.25) is 0 Å². The van der Waals surface area contributed by atoms with Crippen LogP contribution in [0.2, 0.25) is 0 Å². The molecule has 148 valence electrons. The molecule has 2 N–H and O–H groups in total. The van der Waals surface area contributed by atoms with Gasteiger partial charge >= 0.3 is 0 Å². The van der Waals surface area contributed by atoms with Crippen LogP contribution in [0.15, 0.2) is 41.7 Å². The van der Waals surface area contributed by atoms with E-state index in [9.17, 15) is 0 Å². The minimum absolute atomic E-state index is 0. The van der Waals surface area contributed by atoms with Crippen molar-refractivity contribution in [2.75, 3.05) is 31.1 Å². The predicted octanol–water partition coefficient (Wildman–Crippen LogP) is 2.72. The smallest absolute Gasteiger partial charge is 0.191 e. The Balaban J connectivity index is 0.00000261. The summed E-state index contributed by atoms with van der Waals surface area (Å²) in [6.07, 6.45) is 5.99. The van der Waals surface area contributed by atoms with E-state index in [0.29, 0.717) is 6.04 Å². The Morgan fingerprint density at radius 2 is 2.07 bits per heavy atom. The van der Waals surface area contributed by atoms with Gasteiger partial charge in [-0.1, -0.05) is 17.7 Å². The molecule has 1 aromatic carbocycles. The molecule has 1 aliphatic rings. The summed E-state index contributed by atoms with van der Waals surface area (Å²) in [6, 6.07) is 9.21. The van der Waals surface area contributed by atoms with Crippen molar-refractivity contribution in [2.24, 2.45) is 12.0 Å². The normalized spacial score (nSPS) is 16.9. The Labute approximate surface area is 179 Å². The van der Waals surface area contributed by atoms with E-state index in [1.165, 1.54) is 16.8 Å². The number of aryl methyl sites for hydroxylation is 2. The first-order valence-corrected chi connectivity index (χ1v) is 9.48. The van der Waals surface area contributed by atoms with E-state index >= 15 is 0 Å². The van der Waals surface area contributed by atoms with Crippen LogP contribution in [0.4, 0.5) is 5.69 Å². The lowest BCUT2D eigenvalue weighted by Crippen LogP contribution is -2.44. The van der Waals surface area contributed by atoms with Crippen molar-refractivity contribution < 1.29 is 0 Å². The van der Waals surface area contributed by atoms with Crippen molar-refractivity contribution >= 4 is 35.6 Å². The van der Waals surface area contributed by atoms with Gasteiger partial charge < -0.3 is 15.5 Å². The van der Waals surface area contributed by atoms with Crippen molar-refractivity contribution in [3.8, 4) is 0 Å². The minimum Gasteiger partial charge on any atom is -0.369 e. The second kappa shape index (κ2) is 10.5. The molecule has 27 heavy (non-hydrogen) atoms. The van der Waals surface area contributed by atoms with E-state index in [4.69, 9.17) is 4.99 Å². The Hall–Kier alpha value is -1.77. The molecule has 0 radical (unpaired) electrons. The lowest BCUT2D eigenvalue weighted by Gasteiger charge is -2.20. The monoisotopic (exact) mass is 482 g/mol. The number of hydrogen-bond acceptors (Lipinski definition) is 3. The van der Waals surface area contributed by atoms with Crippen LogP contribution in [0.25, 0.3) is 0 Å². The van der Waals surface area contributed by atoms with Crippen LogP contribution >= 0.6 is 24.0 Å². The lowest BCUT2D eigenvalue weighted by molar-refractivity contribution is 0.649. The zero-order valence-corrected chi connectivity index (χ0v) is 18.8. The van der Waals surface area contributed by atoms with Gasteiger partial charge in [-0.05, 0) is 44.4 Å². The predicted molar refractivity (Wildman–Crippen MR) is 123 cm³/mol. The Morgan fingerprint density at radius 3 is 2.74 bits per heavy atom. The van der Waals surface area contributed by atoms with Gasteiger partial charge in [-0.25, -0.2) is 0 Å². The van der Waals surface area contributed by atoms with Gasteiger partial charge in [0.25, 0.3) is 0 Å². The number of hydrogen-bond donors (Lipinski definition) is 2. The third kappa shape index (κ3) is 6.41. The Morgan fingerprint density at radius 1 is 1.30 bits per heavy atom. The maximum atomic E-state index is 4.73. The van der Waals surface area contributed by atoms with Crippen LogP contribution in [0.3, 0.4) is 0 Å². The summed E-state index contributed by atoms with van der Waals surface area (Å²) < 4.78 is 1.83. The minimum atomic E-state index is 0. The largest absolute Gasteiger partial charge is 0.369 e. The number of aromatic nitrogens is 2. The molecular weight excluding hydrogens is 451 g/mol. The first kappa shape index (κ1) is 21.5. The van der Waals surface area contributed by atoms with Crippen LogP contribution in [-0.2, 0) is 13.5 Å². The maximum Gasteiger partial charge on any atom is 0.191 e. The highest BCUT2D eigenvalue weighted by molar-refractivity contribution is 14.0. The van der Waals surface area contributed by atoms with Gasteiger partial charge in [0.15, 0.2) is 5.96 Å². The molecule has 0 spiro atoms. The quantitative estimate of drug-likeness (QED) is 0.378. The summed E-state index contributed by atoms with van der Waals surface area (Å²) in [4.78, 5) is 7.17. The van der Waals surface area contributed by atoms with Crippen LogP contribution < -0.4 is 15.5 Å². The summed E-state index contributed by atoms with van der Waals surface area (Å²) in [5.41, 5.74) is 3.83. The molecule has 2 heterocycles. The third-order valence-corrected chi connectivity index (χ3v) is 4.70. The van der Waals surface area contributed by atoms with Crippen LogP contribution in [0.1, 0.15) is 24.5 Å².